The van der Waals surface area contributed by atoms with Gasteiger partial charge in [-0.05, 0) is 19.9 Å². The summed E-state index contributed by atoms with van der Waals surface area (Å²) in [6, 6.07) is 0.860. The van der Waals surface area contributed by atoms with Gasteiger partial charge in [0.2, 0.25) is 10.0 Å². The zero-order valence-electron chi connectivity index (χ0n) is 13.6. The smallest absolute Gasteiger partial charge is 0.267 e. The van der Waals surface area contributed by atoms with Crippen LogP contribution >= 0.6 is 0 Å². The predicted molar refractivity (Wildman–Crippen MR) is 85.4 cm³/mol. The van der Waals surface area contributed by atoms with Crippen LogP contribution in [0.3, 0.4) is 0 Å². The summed E-state index contributed by atoms with van der Waals surface area (Å²) in [4.78, 5) is 15.9. The SMILES string of the molecule is CCn1ccnc1[C@H](C)NS(=O)(=O)c1cc(C(=O)NC)n(C)c1. The number of aromatic nitrogens is 3. The van der Waals surface area contributed by atoms with Gasteiger partial charge in [0, 0.05) is 39.2 Å². The lowest BCUT2D eigenvalue weighted by molar-refractivity contribution is 0.0955. The van der Waals surface area contributed by atoms with E-state index < -0.39 is 16.1 Å². The summed E-state index contributed by atoms with van der Waals surface area (Å²) in [5.74, 6) is 0.294. The number of hydrogen-bond donors (Lipinski definition) is 2. The average molecular weight is 339 g/mol. The predicted octanol–water partition coefficient (Wildman–Crippen LogP) is 0.641. The highest BCUT2D eigenvalue weighted by Crippen LogP contribution is 2.18. The van der Waals surface area contributed by atoms with E-state index >= 15 is 0 Å². The highest BCUT2D eigenvalue weighted by molar-refractivity contribution is 7.89. The number of sulfonamides is 1. The molecule has 0 spiro atoms. The highest BCUT2D eigenvalue weighted by atomic mass is 32.2. The number of aryl methyl sites for hydroxylation is 2. The summed E-state index contributed by atoms with van der Waals surface area (Å²) in [6.45, 7) is 4.39. The topological polar surface area (TPSA) is 98.0 Å². The Hall–Kier alpha value is -2.13. The van der Waals surface area contributed by atoms with Crippen LogP contribution in [0.5, 0.6) is 0 Å². The van der Waals surface area contributed by atoms with Gasteiger partial charge in [-0.1, -0.05) is 0 Å². The maximum Gasteiger partial charge on any atom is 0.267 e. The van der Waals surface area contributed by atoms with Gasteiger partial charge in [-0.3, -0.25) is 4.79 Å². The molecule has 0 saturated carbocycles. The monoisotopic (exact) mass is 339 g/mol. The molecule has 0 aliphatic heterocycles. The van der Waals surface area contributed by atoms with E-state index in [2.05, 4.69) is 15.0 Å². The van der Waals surface area contributed by atoms with Gasteiger partial charge in [0.15, 0.2) is 0 Å². The number of rotatable bonds is 6. The minimum absolute atomic E-state index is 0.0417. The van der Waals surface area contributed by atoms with E-state index in [1.54, 1.807) is 26.4 Å². The minimum Gasteiger partial charge on any atom is -0.354 e. The third-order valence-corrected chi connectivity index (χ3v) is 5.07. The molecular weight excluding hydrogens is 318 g/mol. The van der Waals surface area contributed by atoms with Gasteiger partial charge in [0.1, 0.15) is 16.4 Å². The molecule has 0 radical (unpaired) electrons. The summed E-state index contributed by atoms with van der Waals surface area (Å²) in [5.41, 5.74) is 0.274. The fourth-order valence-electron chi connectivity index (χ4n) is 2.36. The van der Waals surface area contributed by atoms with E-state index in [-0.39, 0.29) is 16.5 Å². The maximum atomic E-state index is 12.5. The van der Waals surface area contributed by atoms with Crippen LogP contribution in [-0.2, 0) is 23.6 Å². The summed E-state index contributed by atoms with van der Waals surface area (Å²) in [5, 5.41) is 2.48. The first kappa shape index (κ1) is 17.2. The molecule has 9 heteroatoms. The van der Waals surface area contributed by atoms with Crippen molar-refractivity contribution in [2.75, 3.05) is 7.05 Å². The molecule has 1 amide bonds. The van der Waals surface area contributed by atoms with Gasteiger partial charge in [-0.25, -0.2) is 18.1 Å². The van der Waals surface area contributed by atoms with Crippen molar-refractivity contribution >= 4 is 15.9 Å². The summed E-state index contributed by atoms with van der Waals surface area (Å²) in [6.07, 6.45) is 4.84. The van der Waals surface area contributed by atoms with Gasteiger partial charge in [0.25, 0.3) is 5.91 Å². The molecule has 0 fully saturated rings. The van der Waals surface area contributed by atoms with Crippen LogP contribution in [0.25, 0.3) is 0 Å². The fraction of sp³-hybridized carbons (Fsp3) is 0.429. The second-order valence-corrected chi connectivity index (χ2v) is 6.88. The lowest BCUT2D eigenvalue weighted by atomic mass is 10.3. The van der Waals surface area contributed by atoms with E-state index in [0.717, 1.165) is 0 Å². The molecule has 23 heavy (non-hydrogen) atoms. The maximum absolute atomic E-state index is 12.5. The van der Waals surface area contributed by atoms with Crippen LogP contribution in [0.2, 0.25) is 0 Å². The number of carbonyl (C=O) groups excluding carboxylic acids is 1. The number of imidazole rings is 1. The Morgan fingerprint density at radius 3 is 2.74 bits per heavy atom. The van der Waals surface area contributed by atoms with Crippen LogP contribution < -0.4 is 10.0 Å². The molecule has 8 nitrogen and oxygen atoms in total. The second kappa shape index (κ2) is 6.55. The first-order chi connectivity index (χ1) is 10.8. The molecule has 0 bridgehead atoms. The highest BCUT2D eigenvalue weighted by Gasteiger charge is 2.24. The van der Waals surface area contributed by atoms with Crippen LogP contribution in [0.15, 0.2) is 29.6 Å². The Morgan fingerprint density at radius 1 is 1.43 bits per heavy atom. The molecule has 0 aliphatic rings. The van der Waals surface area contributed by atoms with E-state index in [0.29, 0.717) is 12.4 Å². The van der Waals surface area contributed by atoms with Gasteiger partial charge in [-0.15, -0.1) is 0 Å². The second-order valence-electron chi connectivity index (χ2n) is 5.17. The molecule has 2 rings (SSSR count). The quantitative estimate of drug-likeness (QED) is 0.807. The van der Waals surface area contributed by atoms with Crippen LogP contribution in [0.4, 0.5) is 0 Å². The van der Waals surface area contributed by atoms with Crippen molar-refractivity contribution in [3.63, 3.8) is 0 Å². The van der Waals surface area contributed by atoms with Crippen molar-refractivity contribution in [1.82, 2.24) is 24.2 Å². The molecular formula is C14H21N5O3S. The van der Waals surface area contributed by atoms with Crippen LogP contribution in [-0.4, -0.2) is 35.5 Å². The van der Waals surface area contributed by atoms with Crippen molar-refractivity contribution in [2.24, 2.45) is 7.05 Å². The van der Waals surface area contributed by atoms with Crippen LogP contribution in [0.1, 0.15) is 36.2 Å². The Bertz CT molecular complexity index is 806. The number of carbonyl (C=O) groups is 1. The first-order valence-electron chi connectivity index (χ1n) is 7.22. The summed E-state index contributed by atoms with van der Waals surface area (Å²) >= 11 is 0. The van der Waals surface area contributed by atoms with E-state index in [1.807, 2.05) is 11.5 Å². The van der Waals surface area contributed by atoms with E-state index in [4.69, 9.17) is 0 Å². The fourth-order valence-corrected chi connectivity index (χ4v) is 3.63. The van der Waals surface area contributed by atoms with Crippen molar-refractivity contribution in [3.05, 3.63) is 36.2 Å². The first-order valence-corrected chi connectivity index (χ1v) is 8.70. The van der Waals surface area contributed by atoms with Gasteiger partial charge >= 0.3 is 0 Å². The lowest BCUT2D eigenvalue weighted by Gasteiger charge is -2.14. The molecule has 0 unspecified atom stereocenters. The third kappa shape index (κ3) is 3.45. The van der Waals surface area contributed by atoms with Gasteiger partial charge in [0.05, 0.1) is 6.04 Å². The molecule has 2 aromatic heterocycles. The van der Waals surface area contributed by atoms with E-state index in [1.165, 1.54) is 23.9 Å². The Balaban J connectivity index is 2.27. The van der Waals surface area contributed by atoms with Gasteiger partial charge < -0.3 is 14.5 Å². The molecule has 1 atom stereocenters. The number of amides is 1. The van der Waals surface area contributed by atoms with E-state index in [9.17, 15) is 13.2 Å². The number of hydrogen-bond acceptors (Lipinski definition) is 4. The number of nitrogens with zero attached hydrogens (tertiary/aromatic N) is 3. The molecule has 0 aliphatic carbocycles. The summed E-state index contributed by atoms with van der Waals surface area (Å²) < 4.78 is 31.0. The Morgan fingerprint density at radius 2 is 2.13 bits per heavy atom. The standard InChI is InChI=1S/C14H21N5O3S/c1-5-19-7-6-16-13(19)10(2)17-23(21,22)11-8-12(14(20)15-3)18(4)9-11/h6-10,17H,5H2,1-4H3,(H,15,20)/t10-/m0/s1. The lowest BCUT2D eigenvalue weighted by Crippen LogP contribution is -2.28. The molecule has 2 aromatic rings. The molecule has 126 valence electrons. The summed E-state index contributed by atoms with van der Waals surface area (Å²) in [7, 11) is -0.642. The Kier molecular flexibility index (Phi) is 4.90. The molecule has 2 N–H and O–H groups in total. The molecule has 0 saturated heterocycles. The Labute approximate surface area is 135 Å². The molecule has 0 aromatic carbocycles. The molecule has 2 heterocycles. The zero-order chi connectivity index (χ0) is 17.2. The average Bonchev–Trinajstić information content (AvgIpc) is 3.12. The zero-order valence-corrected chi connectivity index (χ0v) is 14.4. The van der Waals surface area contributed by atoms with Crippen molar-refractivity contribution in [3.8, 4) is 0 Å². The van der Waals surface area contributed by atoms with Crippen LogP contribution in [0, 0.1) is 0 Å². The van der Waals surface area contributed by atoms with Gasteiger partial charge in [-0.2, -0.15) is 0 Å². The minimum atomic E-state index is -3.76. The largest absolute Gasteiger partial charge is 0.354 e. The van der Waals surface area contributed by atoms with Crippen molar-refractivity contribution < 1.29 is 13.2 Å². The van der Waals surface area contributed by atoms with Crippen molar-refractivity contribution in [1.29, 1.82) is 0 Å². The normalized spacial score (nSPS) is 13.0. The number of nitrogens with one attached hydrogen (secondary N) is 2. The van der Waals surface area contributed by atoms with Crippen molar-refractivity contribution in [2.45, 2.75) is 31.3 Å². The third-order valence-electron chi connectivity index (χ3n) is 3.56.